The van der Waals surface area contributed by atoms with Crippen molar-refractivity contribution in [2.24, 2.45) is 5.84 Å². The molecule has 0 bridgehead atoms. The molecule has 3 N–H and O–H groups in total. The Labute approximate surface area is 198 Å². The Morgan fingerprint density at radius 2 is 1.59 bits per heavy atom. The van der Waals surface area contributed by atoms with Crippen LogP contribution in [0.2, 0.25) is 0 Å². The van der Waals surface area contributed by atoms with Gasteiger partial charge in [0.1, 0.15) is 5.82 Å². The lowest BCUT2D eigenvalue weighted by Crippen LogP contribution is -2.52. The highest BCUT2D eigenvalue weighted by Gasteiger charge is 2.26. The highest BCUT2D eigenvalue weighted by molar-refractivity contribution is 5.94. The fourth-order valence-corrected chi connectivity index (χ4v) is 3.97. The summed E-state index contributed by atoms with van der Waals surface area (Å²) in [5, 5.41) is 0. The number of benzene rings is 3. The maximum absolute atomic E-state index is 14.9. The van der Waals surface area contributed by atoms with E-state index in [4.69, 9.17) is 5.84 Å². The lowest BCUT2D eigenvalue weighted by atomic mass is 10.0. The van der Waals surface area contributed by atoms with Crippen molar-refractivity contribution in [1.82, 2.24) is 15.2 Å². The summed E-state index contributed by atoms with van der Waals surface area (Å²) in [6, 6.07) is 21.6. The second-order valence-electron chi connectivity index (χ2n) is 8.35. The fourth-order valence-electron chi connectivity index (χ4n) is 3.97. The number of urea groups is 1. The number of hydrazine groups is 1. The summed E-state index contributed by atoms with van der Waals surface area (Å²) in [5.41, 5.74) is 5.20. The van der Waals surface area contributed by atoms with Crippen LogP contribution in [0.3, 0.4) is 0 Å². The molecule has 34 heavy (non-hydrogen) atoms. The molecule has 3 amide bonds. The van der Waals surface area contributed by atoms with Crippen LogP contribution in [-0.4, -0.2) is 55.0 Å². The number of anilines is 1. The third-order valence-corrected chi connectivity index (χ3v) is 6.07. The predicted octanol–water partition coefficient (Wildman–Crippen LogP) is 3.47. The van der Waals surface area contributed by atoms with Crippen molar-refractivity contribution in [2.45, 2.75) is 6.54 Å². The van der Waals surface area contributed by atoms with Gasteiger partial charge in [-0.3, -0.25) is 15.1 Å². The number of hydrogen-bond acceptors (Lipinski definition) is 4. The van der Waals surface area contributed by atoms with E-state index in [1.54, 1.807) is 9.80 Å². The number of hydrogen-bond donors (Lipinski definition) is 2. The smallest absolute Gasteiger partial charge is 0.322 e. The number of halogens is 1. The minimum atomic E-state index is -0.577. The van der Waals surface area contributed by atoms with Gasteiger partial charge >= 0.3 is 6.03 Å². The second-order valence-corrected chi connectivity index (χ2v) is 8.35. The minimum absolute atomic E-state index is 0.0339. The van der Waals surface area contributed by atoms with Crippen molar-refractivity contribution in [3.63, 3.8) is 0 Å². The van der Waals surface area contributed by atoms with Gasteiger partial charge in [0.25, 0.3) is 5.91 Å². The predicted molar refractivity (Wildman–Crippen MR) is 131 cm³/mol. The average molecular weight is 462 g/mol. The molecule has 3 aromatic rings. The van der Waals surface area contributed by atoms with Crippen molar-refractivity contribution in [3.05, 3.63) is 89.7 Å². The Hall–Kier alpha value is -3.75. The Bertz CT molecular complexity index is 1150. The number of carbonyl (C=O) groups excluding carboxylic acids is 2. The number of rotatable bonds is 5. The summed E-state index contributed by atoms with van der Waals surface area (Å²) in [6.07, 6.45) is 0. The van der Waals surface area contributed by atoms with Crippen LogP contribution in [0.4, 0.5) is 14.9 Å². The van der Waals surface area contributed by atoms with Gasteiger partial charge in [-0.15, -0.1) is 0 Å². The van der Waals surface area contributed by atoms with E-state index in [1.165, 1.54) is 12.1 Å². The molecule has 0 aromatic heterocycles. The van der Waals surface area contributed by atoms with Crippen LogP contribution < -0.4 is 16.2 Å². The zero-order valence-electron chi connectivity index (χ0n) is 19.1. The summed E-state index contributed by atoms with van der Waals surface area (Å²) in [7, 11) is 2.02. The standard InChI is InChI=1S/C26H28FN5O2/c1-30-13-15-31(16-14-30)26(34)32(18-22-8-7-21(17-24(22)27)25(33)29-28)23-11-9-20(10-12-23)19-5-3-2-4-6-19/h2-12,17H,13-16,18,28H2,1H3,(H,29,33). The first-order chi connectivity index (χ1) is 16.5. The van der Waals surface area contributed by atoms with E-state index >= 15 is 0 Å². The first-order valence-corrected chi connectivity index (χ1v) is 11.2. The number of nitrogens with zero attached hydrogens (tertiary/aromatic N) is 3. The molecule has 3 aromatic carbocycles. The van der Waals surface area contributed by atoms with E-state index < -0.39 is 11.7 Å². The maximum Gasteiger partial charge on any atom is 0.324 e. The van der Waals surface area contributed by atoms with Gasteiger partial charge in [0.15, 0.2) is 0 Å². The van der Waals surface area contributed by atoms with Gasteiger partial charge in [-0.1, -0.05) is 48.5 Å². The molecule has 0 aliphatic carbocycles. The molecule has 0 spiro atoms. The molecule has 0 radical (unpaired) electrons. The molecule has 1 saturated heterocycles. The zero-order valence-corrected chi connectivity index (χ0v) is 19.1. The zero-order chi connectivity index (χ0) is 24.1. The lowest BCUT2D eigenvalue weighted by molar-refractivity contribution is 0.0953. The molecule has 0 atom stereocenters. The van der Waals surface area contributed by atoms with Gasteiger partial charge in [0.05, 0.1) is 6.54 Å². The molecule has 8 heteroatoms. The molecule has 4 rings (SSSR count). The highest BCUT2D eigenvalue weighted by atomic mass is 19.1. The third kappa shape index (κ3) is 5.24. The van der Waals surface area contributed by atoms with E-state index in [9.17, 15) is 14.0 Å². The van der Waals surface area contributed by atoms with E-state index in [-0.39, 0.29) is 18.1 Å². The quantitative estimate of drug-likeness (QED) is 0.346. The van der Waals surface area contributed by atoms with Gasteiger partial charge in [-0.25, -0.2) is 15.0 Å². The number of nitrogens with one attached hydrogen (secondary N) is 1. The van der Waals surface area contributed by atoms with Crippen LogP contribution in [0.25, 0.3) is 11.1 Å². The third-order valence-electron chi connectivity index (χ3n) is 6.07. The second kappa shape index (κ2) is 10.5. The number of piperazine rings is 1. The Balaban J connectivity index is 1.63. The van der Waals surface area contributed by atoms with Crippen LogP contribution >= 0.6 is 0 Å². The van der Waals surface area contributed by atoms with Crippen LogP contribution in [0.15, 0.2) is 72.8 Å². The Morgan fingerprint density at radius 3 is 2.21 bits per heavy atom. The fraction of sp³-hybridized carbons (Fsp3) is 0.231. The summed E-state index contributed by atoms with van der Waals surface area (Å²) in [5.74, 6) is 4.00. The van der Waals surface area contributed by atoms with Crippen molar-refractivity contribution in [2.75, 3.05) is 38.1 Å². The van der Waals surface area contributed by atoms with Gasteiger partial charge in [0, 0.05) is 43.0 Å². The SMILES string of the molecule is CN1CCN(C(=O)N(Cc2ccc(C(=O)NN)cc2F)c2ccc(-c3ccccc3)cc2)CC1. The highest BCUT2D eigenvalue weighted by Crippen LogP contribution is 2.26. The normalized spacial score (nSPS) is 14.0. The largest absolute Gasteiger partial charge is 0.324 e. The number of amides is 3. The van der Waals surface area contributed by atoms with Crippen molar-refractivity contribution >= 4 is 17.6 Å². The molecule has 0 saturated carbocycles. The van der Waals surface area contributed by atoms with Gasteiger partial charge < -0.3 is 9.80 Å². The summed E-state index contributed by atoms with van der Waals surface area (Å²) in [4.78, 5) is 30.8. The molecular weight excluding hydrogens is 433 g/mol. The molecule has 0 unspecified atom stereocenters. The summed E-state index contributed by atoms with van der Waals surface area (Å²) in [6.45, 7) is 2.80. The van der Waals surface area contributed by atoms with Gasteiger partial charge in [-0.2, -0.15) is 0 Å². The van der Waals surface area contributed by atoms with E-state index in [2.05, 4.69) is 4.90 Å². The average Bonchev–Trinajstić information content (AvgIpc) is 2.88. The summed E-state index contributed by atoms with van der Waals surface area (Å²) < 4.78 is 14.9. The molecule has 1 aliphatic rings. The monoisotopic (exact) mass is 461 g/mol. The van der Waals surface area contributed by atoms with E-state index in [1.807, 2.05) is 67.1 Å². The van der Waals surface area contributed by atoms with E-state index in [0.717, 1.165) is 30.3 Å². The van der Waals surface area contributed by atoms with E-state index in [0.29, 0.717) is 24.3 Å². The number of carbonyl (C=O) groups is 2. The minimum Gasteiger partial charge on any atom is -0.322 e. The molecule has 7 nitrogen and oxygen atoms in total. The van der Waals surface area contributed by atoms with Crippen LogP contribution in [0.5, 0.6) is 0 Å². The lowest BCUT2D eigenvalue weighted by Gasteiger charge is -2.36. The topological polar surface area (TPSA) is 81.9 Å². The number of nitrogen functional groups attached to an aromatic ring is 1. The first-order valence-electron chi connectivity index (χ1n) is 11.2. The molecular formula is C26H28FN5O2. The Morgan fingerprint density at radius 1 is 0.941 bits per heavy atom. The van der Waals surface area contributed by atoms with Crippen LogP contribution in [-0.2, 0) is 6.54 Å². The summed E-state index contributed by atoms with van der Waals surface area (Å²) >= 11 is 0. The molecule has 176 valence electrons. The van der Waals surface area contributed by atoms with Crippen molar-refractivity contribution in [3.8, 4) is 11.1 Å². The maximum atomic E-state index is 14.9. The van der Waals surface area contributed by atoms with Crippen LogP contribution in [0, 0.1) is 5.82 Å². The number of likely N-dealkylation sites (N-methyl/N-ethyl adjacent to an activating group) is 1. The number of nitrogens with two attached hydrogens (primary N) is 1. The van der Waals surface area contributed by atoms with Crippen molar-refractivity contribution in [1.29, 1.82) is 0 Å². The first kappa shape index (κ1) is 23.4. The molecule has 1 fully saturated rings. The Kier molecular flexibility index (Phi) is 7.20. The van der Waals surface area contributed by atoms with Crippen LogP contribution in [0.1, 0.15) is 15.9 Å². The van der Waals surface area contributed by atoms with Gasteiger partial charge in [-0.05, 0) is 42.4 Å². The molecule has 1 aliphatic heterocycles. The van der Waals surface area contributed by atoms with Crippen molar-refractivity contribution < 1.29 is 14.0 Å². The van der Waals surface area contributed by atoms with Gasteiger partial charge in [0.2, 0.25) is 0 Å². The molecule has 1 heterocycles.